The maximum Gasteiger partial charge on any atom is 0.250 e. The van der Waals surface area contributed by atoms with Crippen LogP contribution in [0.5, 0.6) is 0 Å². The predicted molar refractivity (Wildman–Crippen MR) is 97.0 cm³/mol. The Morgan fingerprint density at radius 2 is 1.96 bits per heavy atom. The average molecular weight is 374 g/mol. The third-order valence-electron chi connectivity index (χ3n) is 4.13. The zero-order valence-electron chi connectivity index (χ0n) is 13.7. The molecule has 1 aliphatic rings. The molecule has 0 spiro atoms. The molecule has 0 amide bonds. The van der Waals surface area contributed by atoms with Gasteiger partial charge in [-0.3, -0.25) is 0 Å². The lowest BCUT2D eigenvalue weighted by Gasteiger charge is -2.05. The molecule has 2 heterocycles. The molecule has 1 aromatic carbocycles. The average Bonchev–Trinajstić information content (AvgIpc) is 3.12. The van der Waals surface area contributed by atoms with E-state index in [9.17, 15) is 8.42 Å². The van der Waals surface area contributed by atoms with Gasteiger partial charge >= 0.3 is 0 Å². The first-order chi connectivity index (χ1) is 12.0. The summed E-state index contributed by atoms with van der Waals surface area (Å²) in [7, 11) is -3.55. The van der Waals surface area contributed by atoms with E-state index in [1.165, 1.54) is 11.3 Å². The molecule has 3 aromatic rings. The summed E-state index contributed by atoms with van der Waals surface area (Å²) in [5.74, 6) is 1.82. The lowest BCUT2D eigenvalue weighted by Crippen LogP contribution is -2.22. The lowest BCUT2D eigenvalue weighted by molar-refractivity contribution is 0.510. The largest absolute Gasteiger partial charge is 0.440 e. The first-order valence-electron chi connectivity index (χ1n) is 8.12. The van der Waals surface area contributed by atoms with Crippen LogP contribution in [0.15, 0.2) is 51.2 Å². The van der Waals surface area contributed by atoms with Gasteiger partial charge in [-0.25, -0.2) is 18.1 Å². The van der Waals surface area contributed by atoms with Crippen molar-refractivity contribution in [3.8, 4) is 10.6 Å². The van der Waals surface area contributed by atoms with Crippen LogP contribution in [0.1, 0.15) is 35.8 Å². The van der Waals surface area contributed by atoms with Gasteiger partial charge in [0.05, 0.1) is 11.1 Å². The first kappa shape index (κ1) is 16.5. The van der Waals surface area contributed by atoms with E-state index in [1.807, 2.05) is 31.2 Å². The number of nitrogens with zero attached hydrogens (tertiary/aromatic N) is 1. The number of oxazole rings is 1. The first-order valence-corrected chi connectivity index (χ1v) is 10.4. The van der Waals surface area contributed by atoms with E-state index >= 15 is 0 Å². The van der Waals surface area contributed by atoms with E-state index in [2.05, 4.69) is 9.71 Å². The van der Waals surface area contributed by atoms with Gasteiger partial charge in [-0.1, -0.05) is 29.8 Å². The zero-order chi connectivity index (χ0) is 17.4. The highest BCUT2D eigenvalue weighted by atomic mass is 32.2. The number of benzene rings is 1. The van der Waals surface area contributed by atoms with Gasteiger partial charge < -0.3 is 4.42 Å². The Bertz CT molecular complexity index is 984. The van der Waals surface area contributed by atoms with Crippen LogP contribution in [0.3, 0.4) is 0 Å². The number of sulfonamides is 1. The fraction of sp³-hybridized carbons (Fsp3) is 0.278. The normalized spacial score (nSPS) is 14.8. The molecule has 0 radical (unpaired) electrons. The molecule has 0 saturated heterocycles. The molecule has 0 unspecified atom stereocenters. The van der Waals surface area contributed by atoms with Gasteiger partial charge in [0.25, 0.3) is 0 Å². The van der Waals surface area contributed by atoms with E-state index in [4.69, 9.17) is 4.42 Å². The van der Waals surface area contributed by atoms with Crippen molar-refractivity contribution in [2.45, 2.75) is 36.4 Å². The van der Waals surface area contributed by atoms with Gasteiger partial charge in [-0.15, -0.1) is 11.3 Å². The van der Waals surface area contributed by atoms with Gasteiger partial charge in [-0.2, -0.15) is 0 Å². The van der Waals surface area contributed by atoms with Crippen molar-refractivity contribution in [3.63, 3.8) is 0 Å². The molecule has 130 valence electrons. The molecule has 25 heavy (non-hydrogen) atoms. The molecule has 5 nitrogen and oxygen atoms in total. The number of rotatable bonds is 6. The van der Waals surface area contributed by atoms with E-state index in [-0.39, 0.29) is 10.8 Å². The van der Waals surface area contributed by atoms with Crippen LogP contribution >= 0.6 is 11.3 Å². The monoisotopic (exact) mass is 374 g/mol. The maximum atomic E-state index is 12.5. The topological polar surface area (TPSA) is 72.2 Å². The molecular weight excluding hydrogens is 356 g/mol. The second-order valence-corrected chi connectivity index (χ2v) is 9.34. The molecule has 0 aliphatic heterocycles. The van der Waals surface area contributed by atoms with Crippen LogP contribution in [0.4, 0.5) is 0 Å². The van der Waals surface area contributed by atoms with Crippen LogP contribution in [0.25, 0.3) is 10.6 Å². The number of hydrogen-bond donors (Lipinski definition) is 1. The molecule has 0 bridgehead atoms. The van der Waals surface area contributed by atoms with Gasteiger partial charge in [-0.05, 0) is 37.5 Å². The van der Waals surface area contributed by atoms with E-state index in [0.717, 1.165) is 34.7 Å². The van der Waals surface area contributed by atoms with Gasteiger partial charge in [0, 0.05) is 12.5 Å². The quantitative estimate of drug-likeness (QED) is 0.706. The van der Waals surface area contributed by atoms with Gasteiger partial charge in [0.2, 0.25) is 10.0 Å². The number of nitrogens with one attached hydrogen (secondary N) is 1. The Hall–Kier alpha value is -1.96. The summed E-state index contributed by atoms with van der Waals surface area (Å²) < 4.78 is 33.7. The predicted octanol–water partition coefficient (Wildman–Crippen LogP) is 4.07. The third kappa shape index (κ3) is 3.68. The van der Waals surface area contributed by atoms with Crippen molar-refractivity contribution in [2.75, 3.05) is 0 Å². The summed E-state index contributed by atoms with van der Waals surface area (Å²) in [6.45, 7) is 2.27. The molecule has 4 rings (SSSR count). The maximum absolute atomic E-state index is 12.5. The Balaban J connectivity index is 1.48. The zero-order valence-corrected chi connectivity index (χ0v) is 15.4. The van der Waals surface area contributed by atoms with Crippen LogP contribution in [0, 0.1) is 6.92 Å². The standard InChI is InChI=1S/C18H18N2O3S2/c1-12-2-4-13(5-3-12)10-20-25(21,22)17-9-8-16(24-17)15-11-19-18(23-15)14-6-7-14/h2-5,8-9,11,14,20H,6-7,10H2,1H3. The lowest BCUT2D eigenvalue weighted by atomic mass is 10.2. The van der Waals surface area contributed by atoms with Crippen molar-refractivity contribution in [1.29, 1.82) is 0 Å². The van der Waals surface area contributed by atoms with E-state index < -0.39 is 10.0 Å². The molecule has 1 saturated carbocycles. The Labute approximate surface area is 150 Å². The summed E-state index contributed by atoms with van der Waals surface area (Å²) in [4.78, 5) is 5.06. The second-order valence-electron chi connectivity index (χ2n) is 6.27. The minimum atomic E-state index is -3.55. The summed E-state index contributed by atoms with van der Waals surface area (Å²) in [6, 6.07) is 11.2. The minimum Gasteiger partial charge on any atom is -0.440 e. The number of aromatic nitrogens is 1. The van der Waals surface area contributed by atoms with E-state index in [1.54, 1.807) is 18.3 Å². The van der Waals surface area contributed by atoms with Crippen molar-refractivity contribution >= 4 is 21.4 Å². The Kier molecular flexibility index (Phi) is 4.23. The summed E-state index contributed by atoms with van der Waals surface area (Å²) in [5, 5.41) is 0. The molecular formula is C18H18N2O3S2. The van der Waals surface area contributed by atoms with Crippen molar-refractivity contribution in [3.05, 3.63) is 59.6 Å². The second kappa shape index (κ2) is 6.40. The highest BCUT2D eigenvalue weighted by molar-refractivity contribution is 7.91. The number of hydrogen-bond acceptors (Lipinski definition) is 5. The Morgan fingerprint density at radius 3 is 2.68 bits per heavy atom. The van der Waals surface area contributed by atoms with Crippen LogP contribution < -0.4 is 4.72 Å². The summed E-state index contributed by atoms with van der Waals surface area (Å²) in [5.41, 5.74) is 2.07. The SMILES string of the molecule is Cc1ccc(CNS(=O)(=O)c2ccc(-c3cnc(C4CC4)o3)s2)cc1. The minimum absolute atomic E-state index is 0.268. The van der Waals surface area contributed by atoms with Crippen molar-refractivity contribution in [1.82, 2.24) is 9.71 Å². The Morgan fingerprint density at radius 1 is 1.20 bits per heavy atom. The van der Waals surface area contributed by atoms with Crippen LogP contribution in [0.2, 0.25) is 0 Å². The van der Waals surface area contributed by atoms with Crippen molar-refractivity contribution in [2.24, 2.45) is 0 Å². The summed E-state index contributed by atoms with van der Waals surface area (Å²) in [6.07, 6.45) is 3.91. The molecule has 1 aliphatic carbocycles. The fourth-order valence-electron chi connectivity index (χ4n) is 2.47. The molecule has 0 atom stereocenters. The van der Waals surface area contributed by atoms with Crippen molar-refractivity contribution < 1.29 is 12.8 Å². The van der Waals surface area contributed by atoms with Gasteiger partial charge in [0.15, 0.2) is 11.7 Å². The number of thiophene rings is 1. The summed E-state index contributed by atoms with van der Waals surface area (Å²) >= 11 is 1.19. The molecule has 1 N–H and O–H groups in total. The fourth-order valence-corrected chi connectivity index (χ4v) is 4.79. The smallest absolute Gasteiger partial charge is 0.250 e. The highest BCUT2D eigenvalue weighted by Gasteiger charge is 2.29. The van der Waals surface area contributed by atoms with Crippen LogP contribution in [-0.4, -0.2) is 13.4 Å². The third-order valence-corrected chi connectivity index (χ3v) is 7.12. The number of aryl methyl sites for hydroxylation is 1. The molecule has 7 heteroatoms. The molecule has 2 aromatic heterocycles. The van der Waals surface area contributed by atoms with E-state index in [0.29, 0.717) is 11.7 Å². The van der Waals surface area contributed by atoms with Gasteiger partial charge in [0.1, 0.15) is 4.21 Å². The van der Waals surface area contributed by atoms with Crippen LogP contribution in [-0.2, 0) is 16.6 Å². The molecule has 1 fully saturated rings. The highest BCUT2D eigenvalue weighted by Crippen LogP contribution is 2.41.